The van der Waals surface area contributed by atoms with Gasteiger partial charge in [-0.1, -0.05) is 30.0 Å². The van der Waals surface area contributed by atoms with Crippen molar-refractivity contribution in [3.8, 4) is 5.69 Å². The van der Waals surface area contributed by atoms with Crippen molar-refractivity contribution in [2.24, 2.45) is 7.05 Å². The molecule has 11 heteroatoms. The lowest BCUT2D eigenvalue weighted by atomic mass is 10.3. The van der Waals surface area contributed by atoms with Crippen LogP contribution in [0.3, 0.4) is 0 Å². The Kier molecular flexibility index (Phi) is 6.68. The number of nitrogens with zero attached hydrogens (tertiary/aromatic N) is 4. The zero-order chi connectivity index (χ0) is 22.8. The second kappa shape index (κ2) is 9.08. The number of thioether (sulfide) groups is 1. The van der Waals surface area contributed by atoms with E-state index in [1.54, 1.807) is 24.7 Å². The number of para-hydroxylation sites is 1. The van der Waals surface area contributed by atoms with Crippen LogP contribution in [-0.4, -0.2) is 52.8 Å². The van der Waals surface area contributed by atoms with Crippen molar-refractivity contribution in [1.29, 1.82) is 0 Å². The summed E-state index contributed by atoms with van der Waals surface area (Å²) in [7, 11) is 1.08. The molecule has 0 fully saturated rings. The van der Waals surface area contributed by atoms with E-state index in [0.717, 1.165) is 16.1 Å². The highest BCUT2D eigenvalue weighted by molar-refractivity contribution is 7.99. The zero-order valence-electron chi connectivity index (χ0n) is 17.6. The smallest absolute Gasteiger partial charge is 0.295 e. The van der Waals surface area contributed by atoms with Crippen LogP contribution in [0.2, 0.25) is 0 Å². The van der Waals surface area contributed by atoms with E-state index in [0.29, 0.717) is 16.4 Å². The Balaban J connectivity index is 1.70. The fourth-order valence-corrected chi connectivity index (χ4v) is 4.33. The van der Waals surface area contributed by atoms with Gasteiger partial charge >= 0.3 is 0 Å². The van der Waals surface area contributed by atoms with Gasteiger partial charge in [0.25, 0.3) is 5.56 Å². The van der Waals surface area contributed by atoms with Crippen molar-refractivity contribution in [2.75, 3.05) is 25.2 Å². The predicted octanol–water partition coefficient (Wildman–Crippen LogP) is 1.86. The molecule has 2 aromatic heterocycles. The van der Waals surface area contributed by atoms with Gasteiger partial charge < -0.3 is 5.32 Å². The van der Waals surface area contributed by atoms with E-state index in [9.17, 15) is 18.0 Å². The summed E-state index contributed by atoms with van der Waals surface area (Å²) in [5, 5.41) is 3.19. The first-order valence-corrected chi connectivity index (χ1v) is 11.7. The predicted molar refractivity (Wildman–Crippen MR) is 120 cm³/mol. The Hall–Kier alpha value is -2.89. The Morgan fingerprint density at radius 3 is 2.42 bits per heavy atom. The van der Waals surface area contributed by atoms with E-state index in [1.807, 2.05) is 30.3 Å². The molecule has 3 rings (SSSR count). The van der Waals surface area contributed by atoms with Crippen LogP contribution < -0.4 is 10.9 Å². The maximum Gasteiger partial charge on any atom is 0.295 e. The Morgan fingerprint density at radius 2 is 1.84 bits per heavy atom. The number of amides is 1. The fourth-order valence-electron chi connectivity index (χ4n) is 2.84. The van der Waals surface area contributed by atoms with Gasteiger partial charge in [-0.2, -0.15) is 0 Å². The lowest BCUT2D eigenvalue weighted by molar-refractivity contribution is -0.113. The maximum absolute atomic E-state index is 12.9. The van der Waals surface area contributed by atoms with Crippen LogP contribution in [0.4, 0.5) is 5.69 Å². The number of aromatic nitrogens is 3. The lowest BCUT2D eigenvalue weighted by Crippen LogP contribution is -2.23. The molecule has 0 aliphatic heterocycles. The second-order valence-corrected chi connectivity index (χ2v) is 10.0. The molecule has 0 saturated carbocycles. The summed E-state index contributed by atoms with van der Waals surface area (Å²) in [4.78, 5) is 29.5. The topological polar surface area (TPSA) is 106 Å². The standard InChI is InChI=1S/C20H23N5O4S2/c1-14-19(20(27)25(24(14)4)15-8-6-5-7-9-15)22-17(26)13-30-18-11-10-16(12-21-18)31(28,29)23(2)3/h5-12H,13H2,1-4H3,(H,22,26). The Morgan fingerprint density at radius 1 is 1.16 bits per heavy atom. The summed E-state index contributed by atoms with van der Waals surface area (Å²) in [5.74, 6) is -0.339. The van der Waals surface area contributed by atoms with Gasteiger partial charge in [0, 0.05) is 27.3 Å². The van der Waals surface area contributed by atoms with Crippen molar-refractivity contribution >= 4 is 33.4 Å². The molecule has 0 aliphatic carbocycles. The van der Waals surface area contributed by atoms with Gasteiger partial charge in [-0.3, -0.25) is 14.3 Å². The van der Waals surface area contributed by atoms with Crippen LogP contribution >= 0.6 is 11.8 Å². The van der Waals surface area contributed by atoms with E-state index in [-0.39, 0.29) is 27.8 Å². The first-order valence-electron chi connectivity index (χ1n) is 9.28. The van der Waals surface area contributed by atoms with E-state index in [2.05, 4.69) is 10.3 Å². The molecule has 0 spiro atoms. The monoisotopic (exact) mass is 461 g/mol. The SMILES string of the molecule is Cc1c(NC(=O)CSc2ccc(S(=O)(=O)N(C)C)cn2)c(=O)n(-c2ccccc2)n1C. The largest absolute Gasteiger partial charge is 0.319 e. The molecule has 164 valence electrons. The third kappa shape index (κ3) is 4.73. The van der Waals surface area contributed by atoms with Crippen LogP contribution in [-0.2, 0) is 21.9 Å². The summed E-state index contributed by atoms with van der Waals surface area (Å²) >= 11 is 1.15. The number of carbonyl (C=O) groups is 1. The molecule has 0 saturated heterocycles. The molecule has 0 aliphatic rings. The summed E-state index contributed by atoms with van der Waals surface area (Å²) in [6, 6.07) is 12.2. The number of pyridine rings is 1. The Labute approximate surface area is 184 Å². The third-order valence-electron chi connectivity index (χ3n) is 4.66. The minimum atomic E-state index is -3.56. The van der Waals surface area contributed by atoms with E-state index < -0.39 is 10.0 Å². The highest BCUT2D eigenvalue weighted by Gasteiger charge is 2.19. The fraction of sp³-hybridized carbons (Fsp3) is 0.250. The number of hydrogen-bond acceptors (Lipinski definition) is 6. The minimum absolute atomic E-state index is 0.0197. The molecule has 1 N–H and O–H groups in total. The number of hydrogen-bond donors (Lipinski definition) is 1. The Bertz CT molecular complexity index is 1250. The molecule has 31 heavy (non-hydrogen) atoms. The number of benzene rings is 1. The average molecular weight is 462 g/mol. The van der Waals surface area contributed by atoms with Crippen LogP contribution in [0.25, 0.3) is 5.69 Å². The number of carbonyl (C=O) groups excluding carboxylic acids is 1. The highest BCUT2D eigenvalue weighted by atomic mass is 32.2. The number of anilines is 1. The summed E-state index contributed by atoms with van der Waals surface area (Å²) in [5.41, 5.74) is 1.23. The summed E-state index contributed by atoms with van der Waals surface area (Å²) in [6.45, 7) is 1.76. The molecule has 0 unspecified atom stereocenters. The molecule has 2 heterocycles. The van der Waals surface area contributed by atoms with Crippen LogP contribution in [0, 0.1) is 6.92 Å². The quantitative estimate of drug-likeness (QED) is 0.539. The molecular weight excluding hydrogens is 438 g/mol. The number of rotatable bonds is 7. The van der Waals surface area contributed by atoms with Gasteiger partial charge in [0.15, 0.2) is 0 Å². The van der Waals surface area contributed by atoms with Gasteiger partial charge in [0.05, 0.1) is 22.2 Å². The normalized spacial score (nSPS) is 11.6. The average Bonchev–Trinajstić information content (AvgIpc) is 2.96. The van der Waals surface area contributed by atoms with Gasteiger partial charge in [-0.15, -0.1) is 0 Å². The van der Waals surface area contributed by atoms with Crippen molar-refractivity contribution in [2.45, 2.75) is 16.8 Å². The van der Waals surface area contributed by atoms with E-state index >= 15 is 0 Å². The van der Waals surface area contributed by atoms with Crippen molar-refractivity contribution < 1.29 is 13.2 Å². The molecule has 0 bridgehead atoms. The highest BCUT2D eigenvalue weighted by Crippen LogP contribution is 2.20. The second-order valence-electron chi connectivity index (χ2n) is 6.89. The summed E-state index contributed by atoms with van der Waals surface area (Å²) < 4.78 is 28.5. The van der Waals surface area contributed by atoms with Crippen molar-refractivity contribution in [3.63, 3.8) is 0 Å². The first-order chi connectivity index (χ1) is 14.6. The van der Waals surface area contributed by atoms with Crippen molar-refractivity contribution in [1.82, 2.24) is 18.7 Å². The molecule has 3 aromatic rings. The maximum atomic E-state index is 12.9. The zero-order valence-corrected chi connectivity index (χ0v) is 19.2. The van der Waals surface area contributed by atoms with Gasteiger partial charge in [0.2, 0.25) is 15.9 Å². The van der Waals surface area contributed by atoms with Gasteiger partial charge in [-0.25, -0.2) is 22.4 Å². The molecular formula is C20H23N5O4S2. The van der Waals surface area contributed by atoms with E-state index in [1.165, 1.54) is 31.0 Å². The van der Waals surface area contributed by atoms with Crippen LogP contribution in [0.5, 0.6) is 0 Å². The molecule has 1 amide bonds. The minimum Gasteiger partial charge on any atom is -0.319 e. The van der Waals surface area contributed by atoms with E-state index in [4.69, 9.17) is 0 Å². The number of sulfonamides is 1. The first kappa shape index (κ1) is 22.8. The lowest BCUT2D eigenvalue weighted by Gasteiger charge is -2.11. The van der Waals surface area contributed by atoms with Gasteiger partial charge in [-0.05, 0) is 31.2 Å². The van der Waals surface area contributed by atoms with Gasteiger partial charge in [0.1, 0.15) is 10.6 Å². The van der Waals surface area contributed by atoms with Crippen LogP contribution in [0.15, 0.2) is 63.4 Å². The van der Waals surface area contributed by atoms with Crippen molar-refractivity contribution in [3.05, 3.63) is 64.7 Å². The molecule has 1 aromatic carbocycles. The third-order valence-corrected chi connectivity index (χ3v) is 7.40. The number of nitrogens with one attached hydrogen (secondary N) is 1. The molecule has 9 nitrogen and oxygen atoms in total. The summed E-state index contributed by atoms with van der Waals surface area (Å²) in [6.07, 6.45) is 1.26. The van der Waals surface area contributed by atoms with Crippen LogP contribution in [0.1, 0.15) is 5.69 Å². The molecule has 0 radical (unpaired) electrons. The molecule has 0 atom stereocenters.